The number of likely N-dealkylation sites (tertiary alicyclic amines) is 1. The van der Waals surface area contributed by atoms with Crippen LogP contribution >= 0.6 is 0 Å². The van der Waals surface area contributed by atoms with Crippen LogP contribution in [0.3, 0.4) is 0 Å². The summed E-state index contributed by atoms with van der Waals surface area (Å²) in [5.74, 6) is 1.70. The molecule has 0 radical (unpaired) electrons. The van der Waals surface area contributed by atoms with Crippen molar-refractivity contribution in [3.8, 4) is 5.75 Å². The number of aromatic nitrogens is 1. The molecule has 3 rings (SSSR count). The molecule has 1 aromatic heterocycles. The van der Waals surface area contributed by atoms with Crippen molar-refractivity contribution in [2.24, 2.45) is 5.73 Å². The van der Waals surface area contributed by atoms with E-state index in [-0.39, 0.29) is 11.9 Å². The van der Waals surface area contributed by atoms with Crippen LogP contribution < -0.4 is 10.5 Å². The van der Waals surface area contributed by atoms with Gasteiger partial charge >= 0.3 is 0 Å². The van der Waals surface area contributed by atoms with Gasteiger partial charge in [0.25, 0.3) is 0 Å². The lowest BCUT2D eigenvalue weighted by molar-refractivity contribution is -0.133. The maximum absolute atomic E-state index is 12.6. The van der Waals surface area contributed by atoms with Gasteiger partial charge < -0.3 is 19.9 Å². The molecule has 1 unspecified atom stereocenters. The van der Waals surface area contributed by atoms with E-state index < -0.39 is 0 Å². The first kappa shape index (κ1) is 18.5. The predicted octanol–water partition coefficient (Wildman–Crippen LogP) is 2.75. The van der Waals surface area contributed by atoms with E-state index in [1.807, 2.05) is 43.0 Å². The molecule has 0 saturated carbocycles. The topological polar surface area (TPSA) is 81.6 Å². The standard InChI is InChI=1S/C20H27N3O3/c1-14-19(15(2)26-22-14)13-25-18-8-6-16(7-9-18)11-20(24)23-10-4-3-5-17(23)12-21/h6-9,17H,3-5,10-13,21H2,1-2H3. The molecule has 6 heteroatoms. The summed E-state index contributed by atoms with van der Waals surface area (Å²) >= 11 is 0. The summed E-state index contributed by atoms with van der Waals surface area (Å²) in [6.07, 6.45) is 3.64. The average molecular weight is 357 g/mol. The molecular formula is C20H27N3O3. The van der Waals surface area contributed by atoms with Gasteiger partial charge in [0.15, 0.2) is 0 Å². The zero-order valence-corrected chi connectivity index (χ0v) is 15.5. The molecule has 2 N–H and O–H groups in total. The fourth-order valence-electron chi connectivity index (χ4n) is 3.42. The number of hydrogen-bond acceptors (Lipinski definition) is 5. The average Bonchev–Trinajstić information content (AvgIpc) is 2.99. The summed E-state index contributed by atoms with van der Waals surface area (Å²) in [6, 6.07) is 7.88. The van der Waals surface area contributed by atoms with Crippen molar-refractivity contribution in [2.75, 3.05) is 13.1 Å². The Labute approximate surface area is 154 Å². The lowest BCUT2D eigenvalue weighted by Crippen LogP contribution is -2.48. The smallest absolute Gasteiger partial charge is 0.227 e. The van der Waals surface area contributed by atoms with Gasteiger partial charge in [-0.1, -0.05) is 17.3 Å². The quantitative estimate of drug-likeness (QED) is 0.860. The number of piperidine rings is 1. The number of nitrogens with two attached hydrogens (primary N) is 1. The summed E-state index contributed by atoms with van der Waals surface area (Å²) in [5, 5.41) is 3.93. The van der Waals surface area contributed by atoms with Crippen LogP contribution in [0.15, 0.2) is 28.8 Å². The Bertz CT molecular complexity index is 720. The molecule has 0 spiro atoms. The highest BCUT2D eigenvalue weighted by molar-refractivity contribution is 5.79. The number of carbonyl (C=O) groups is 1. The van der Waals surface area contributed by atoms with Crippen molar-refractivity contribution < 1.29 is 14.1 Å². The second-order valence-electron chi connectivity index (χ2n) is 6.88. The third-order valence-electron chi connectivity index (χ3n) is 5.06. The molecule has 1 aliphatic rings. The number of hydrogen-bond donors (Lipinski definition) is 1. The molecule has 6 nitrogen and oxygen atoms in total. The van der Waals surface area contributed by atoms with Crippen LogP contribution in [0.25, 0.3) is 0 Å². The van der Waals surface area contributed by atoms with Crippen molar-refractivity contribution in [3.05, 3.63) is 46.8 Å². The number of nitrogens with zero attached hydrogens (tertiary/aromatic N) is 2. The van der Waals surface area contributed by atoms with E-state index in [1.165, 1.54) is 0 Å². The molecular weight excluding hydrogens is 330 g/mol. The van der Waals surface area contributed by atoms with E-state index in [1.54, 1.807) is 0 Å². The summed E-state index contributed by atoms with van der Waals surface area (Å²) < 4.78 is 11.0. The van der Waals surface area contributed by atoms with E-state index in [9.17, 15) is 4.79 Å². The highest BCUT2D eigenvalue weighted by Gasteiger charge is 2.25. The van der Waals surface area contributed by atoms with Crippen LogP contribution in [0.1, 0.15) is 41.8 Å². The number of carbonyl (C=O) groups excluding carboxylic acids is 1. The van der Waals surface area contributed by atoms with Crippen LogP contribution in [0.5, 0.6) is 5.75 Å². The number of ether oxygens (including phenoxy) is 1. The van der Waals surface area contributed by atoms with Gasteiger partial charge in [0.1, 0.15) is 18.1 Å². The second kappa shape index (κ2) is 8.36. The molecule has 26 heavy (non-hydrogen) atoms. The summed E-state index contributed by atoms with van der Waals surface area (Å²) in [6.45, 7) is 5.56. The van der Waals surface area contributed by atoms with E-state index >= 15 is 0 Å². The summed E-state index contributed by atoms with van der Waals surface area (Å²) in [4.78, 5) is 14.5. The predicted molar refractivity (Wildman–Crippen MR) is 98.9 cm³/mol. The minimum atomic E-state index is 0.157. The van der Waals surface area contributed by atoms with Gasteiger partial charge in [-0.05, 0) is 50.8 Å². The normalized spacial score (nSPS) is 17.3. The molecule has 1 aromatic carbocycles. The maximum Gasteiger partial charge on any atom is 0.227 e. The Morgan fingerprint density at radius 1 is 1.31 bits per heavy atom. The molecule has 2 aromatic rings. The molecule has 1 fully saturated rings. The first-order valence-corrected chi connectivity index (χ1v) is 9.21. The Kier molecular flexibility index (Phi) is 5.93. The third-order valence-corrected chi connectivity index (χ3v) is 5.06. The van der Waals surface area contributed by atoms with Crippen LogP contribution in [-0.4, -0.2) is 35.1 Å². The highest BCUT2D eigenvalue weighted by atomic mass is 16.5. The number of aryl methyl sites for hydroxylation is 2. The van der Waals surface area contributed by atoms with Gasteiger partial charge in [0, 0.05) is 19.1 Å². The molecule has 140 valence electrons. The van der Waals surface area contributed by atoms with Gasteiger partial charge in [-0.25, -0.2) is 0 Å². The van der Waals surface area contributed by atoms with Gasteiger partial charge in [0.2, 0.25) is 5.91 Å². The first-order chi connectivity index (χ1) is 12.6. The third kappa shape index (κ3) is 4.25. The molecule has 1 saturated heterocycles. The lowest BCUT2D eigenvalue weighted by atomic mass is 10.0. The first-order valence-electron chi connectivity index (χ1n) is 9.21. The second-order valence-corrected chi connectivity index (χ2v) is 6.88. The van der Waals surface area contributed by atoms with Crippen molar-refractivity contribution in [1.82, 2.24) is 10.1 Å². The highest BCUT2D eigenvalue weighted by Crippen LogP contribution is 2.20. The van der Waals surface area contributed by atoms with E-state index in [2.05, 4.69) is 5.16 Å². The maximum atomic E-state index is 12.6. The van der Waals surface area contributed by atoms with Gasteiger partial charge in [-0.15, -0.1) is 0 Å². The minimum Gasteiger partial charge on any atom is -0.489 e. The molecule has 1 atom stereocenters. The Morgan fingerprint density at radius 3 is 2.73 bits per heavy atom. The summed E-state index contributed by atoms with van der Waals surface area (Å²) in [5.41, 5.74) is 8.63. The number of amides is 1. The zero-order valence-electron chi connectivity index (χ0n) is 15.5. The Hall–Kier alpha value is -2.34. The van der Waals surface area contributed by atoms with Gasteiger partial charge in [-0.3, -0.25) is 4.79 Å². The number of rotatable bonds is 6. The number of benzene rings is 1. The lowest BCUT2D eigenvalue weighted by Gasteiger charge is -2.35. The fourth-order valence-corrected chi connectivity index (χ4v) is 3.42. The monoisotopic (exact) mass is 357 g/mol. The van der Waals surface area contributed by atoms with Crippen molar-refractivity contribution in [3.63, 3.8) is 0 Å². The van der Waals surface area contributed by atoms with Crippen molar-refractivity contribution >= 4 is 5.91 Å². The summed E-state index contributed by atoms with van der Waals surface area (Å²) in [7, 11) is 0. The van der Waals surface area contributed by atoms with Crippen LogP contribution in [0, 0.1) is 13.8 Å². The largest absolute Gasteiger partial charge is 0.489 e. The van der Waals surface area contributed by atoms with E-state index in [0.29, 0.717) is 19.6 Å². The molecule has 0 aliphatic carbocycles. The molecule has 0 bridgehead atoms. The van der Waals surface area contributed by atoms with Crippen LogP contribution in [0.4, 0.5) is 0 Å². The van der Waals surface area contributed by atoms with Gasteiger partial charge in [-0.2, -0.15) is 0 Å². The van der Waals surface area contributed by atoms with Crippen LogP contribution in [-0.2, 0) is 17.8 Å². The molecule has 1 aliphatic heterocycles. The minimum absolute atomic E-state index is 0.157. The van der Waals surface area contributed by atoms with Gasteiger partial charge in [0.05, 0.1) is 17.7 Å². The van der Waals surface area contributed by atoms with Crippen LogP contribution in [0.2, 0.25) is 0 Å². The van der Waals surface area contributed by atoms with E-state index in [4.69, 9.17) is 15.0 Å². The zero-order chi connectivity index (χ0) is 18.5. The molecule has 1 amide bonds. The fraction of sp³-hybridized carbons (Fsp3) is 0.500. The SMILES string of the molecule is Cc1noc(C)c1COc1ccc(CC(=O)N2CCCCC2CN)cc1. The van der Waals surface area contributed by atoms with Crippen molar-refractivity contribution in [1.29, 1.82) is 0 Å². The Morgan fingerprint density at radius 2 is 2.08 bits per heavy atom. The molecule has 2 heterocycles. The Balaban J connectivity index is 1.56. The van der Waals surface area contributed by atoms with E-state index in [0.717, 1.165) is 54.1 Å². The van der Waals surface area contributed by atoms with Crippen molar-refractivity contribution in [2.45, 2.75) is 52.2 Å².